The van der Waals surface area contributed by atoms with Crippen LogP contribution in [0.25, 0.3) is 5.57 Å². The molecule has 0 saturated carbocycles. The number of anilines is 1. The SMILES string of the molecule is C=C(C)C(=C)c1cnc(Cl)c(NCC2CCOCC2)c1. The molecule has 0 amide bonds. The van der Waals surface area contributed by atoms with E-state index in [1.807, 2.05) is 13.0 Å². The first-order valence-corrected chi connectivity index (χ1v) is 7.28. The highest BCUT2D eigenvalue weighted by molar-refractivity contribution is 6.32. The summed E-state index contributed by atoms with van der Waals surface area (Å²) in [7, 11) is 0. The number of ether oxygens (including phenoxy) is 1. The smallest absolute Gasteiger partial charge is 0.152 e. The van der Waals surface area contributed by atoms with Crippen molar-refractivity contribution < 1.29 is 4.74 Å². The van der Waals surface area contributed by atoms with E-state index < -0.39 is 0 Å². The molecule has 2 rings (SSSR count). The van der Waals surface area contributed by atoms with Crippen LogP contribution in [0, 0.1) is 5.92 Å². The molecular weight excluding hydrogens is 272 g/mol. The molecule has 0 atom stereocenters. The van der Waals surface area contributed by atoms with Gasteiger partial charge in [0.2, 0.25) is 0 Å². The second kappa shape index (κ2) is 6.91. The second-order valence-electron chi connectivity index (χ2n) is 5.26. The first kappa shape index (κ1) is 15.1. The maximum atomic E-state index is 6.15. The third-order valence-corrected chi connectivity index (χ3v) is 3.93. The molecular formula is C16H21ClN2O. The highest BCUT2D eigenvalue weighted by Crippen LogP contribution is 2.27. The Labute approximate surface area is 125 Å². The zero-order valence-corrected chi connectivity index (χ0v) is 12.7. The van der Waals surface area contributed by atoms with Crippen molar-refractivity contribution in [1.29, 1.82) is 0 Å². The molecule has 1 fully saturated rings. The molecule has 1 aliphatic rings. The summed E-state index contributed by atoms with van der Waals surface area (Å²) >= 11 is 6.15. The Kier molecular flexibility index (Phi) is 5.21. The van der Waals surface area contributed by atoms with Gasteiger partial charge in [-0.3, -0.25) is 0 Å². The van der Waals surface area contributed by atoms with E-state index in [9.17, 15) is 0 Å². The average molecular weight is 293 g/mol. The molecule has 4 heteroatoms. The van der Waals surface area contributed by atoms with E-state index in [4.69, 9.17) is 16.3 Å². The van der Waals surface area contributed by atoms with E-state index in [0.29, 0.717) is 11.1 Å². The summed E-state index contributed by atoms with van der Waals surface area (Å²) in [5.41, 5.74) is 3.64. The Balaban J connectivity index is 2.04. The Bertz CT molecular complexity index is 507. The average Bonchev–Trinajstić information content (AvgIpc) is 2.46. The standard InChI is InChI=1S/C16H21ClN2O/c1-11(2)12(3)14-8-15(16(17)19-10-14)18-9-13-4-6-20-7-5-13/h8,10,13,18H,1,3-7,9H2,2H3. The zero-order valence-electron chi connectivity index (χ0n) is 11.9. The van der Waals surface area contributed by atoms with Crippen LogP contribution in [0.5, 0.6) is 0 Å². The lowest BCUT2D eigenvalue weighted by molar-refractivity contribution is 0.0699. The Morgan fingerprint density at radius 2 is 2.15 bits per heavy atom. The van der Waals surface area contributed by atoms with Gasteiger partial charge in [0.1, 0.15) is 0 Å². The molecule has 2 heterocycles. The lowest BCUT2D eigenvalue weighted by Crippen LogP contribution is -2.22. The van der Waals surface area contributed by atoms with E-state index in [2.05, 4.69) is 23.5 Å². The van der Waals surface area contributed by atoms with Crippen LogP contribution in [0.15, 0.2) is 31.0 Å². The number of halogens is 1. The number of rotatable bonds is 5. The van der Waals surface area contributed by atoms with Crippen molar-refractivity contribution in [3.05, 3.63) is 41.7 Å². The number of allylic oxidation sites excluding steroid dienone is 2. The van der Waals surface area contributed by atoms with Crippen LogP contribution in [0.4, 0.5) is 5.69 Å². The number of aromatic nitrogens is 1. The number of hydrogen-bond acceptors (Lipinski definition) is 3. The number of hydrogen-bond donors (Lipinski definition) is 1. The molecule has 0 unspecified atom stereocenters. The van der Waals surface area contributed by atoms with E-state index in [-0.39, 0.29) is 0 Å². The van der Waals surface area contributed by atoms with E-state index in [1.54, 1.807) is 6.20 Å². The van der Waals surface area contributed by atoms with Gasteiger partial charge in [-0.15, -0.1) is 0 Å². The predicted molar refractivity (Wildman–Crippen MR) is 85.1 cm³/mol. The fourth-order valence-electron chi connectivity index (χ4n) is 2.19. The molecule has 0 bridgehead atoms. The van der Waals surface area contributed by atoms with Gasteiger partial charge in [0.05, 0.1) is 5.69 Å². The monoisotopic (exact) mass is 292 g/mol. The van der Waals surface area contributed by atoms with Crippen molar-refractivity contribution in [1.82, 2.24) is 4.98 Å². The zero-order chi connectivity index (χ0) is 14.5. The summed E-state index contributed by atoms with van der Waals surface area (Å²) in [5.74, 6) is 0.632. The van der Waals surface area contributed by atoms with Crippen LogP contribution in [0.3, 0.4) is 0 Å². The highest BCUT2D eigenvalue weighted by atomic mass is 35.5. The summed E-state index contributed by atoms with van der Waals surface area (Å²) < 4.78 is 5.36. The van der Waals surface area contributed by atoms with Crippen molar-refractivity contribution in [2.45, 2.75) is 19.8 Å². The minimum Gasteiger partial charge on any atom is -0.382 e. The van der Waals surface area contributed by atoms with Crippen molar-refractivity contribution in [2.24, 2.45) is 5.92 Å². The molecule has 1 saturated heterocycles. The Hall–Kier alpha value is -1.32. The number of pyridine rings is 1. The Morgan fingerprint density at radius 3 is 2.80 bits per heavy atom. The molecule has 1 aliphatic heterocycles. The van der Waals surface area contributed by atoms with Crippen LogP contribution in [-0.2, 0) is 4.74 Å². The normalized spacial score (nSPS) is 15.9. The van der Waals surface area contributed by atoms with Crippen LogP contribution in [-0.4, -0.2) is 24.7 Å². The number of nitrogens with zero attached hydrogens (tertiary/aromatic N) is 1. The van der Waals surface area contributed by atoms with Gasteiger partial charge in [0.25, 0.3) is 0 Å². The van der Waals surface area contributed by atoms with Crippen molar-refractivity contribution >= 4 is 22.9 Å². The van der Waals surface area contributed by atoms with Crippen molar-refractivity contribution in [2.75, 3.05) is 25.1 Å². The van der Waals surface area contributed by atoms with Gasteiger partial charge >= 0.3 is 0 Å². The molecule has 108 valence electrons. The summed E-state index contributed by atoms with van der Waals surface area (Å²) in [6, 6.07) is 1.99. The van der Waals surface area contributed by atoms with Crippen LogP contribution >= 0.6 is 11.6 Å². The minimum atomic E-state index is 0.496. The highest BCUT2D eigenvalue weighted by Gasteiger charge is 2.14. The molecule has 1 N–H and O–H groups in total. The molecule has 20 heavy (non-hydrogen) atoms. The first-order chi connectivity index (χ1) is 9.58. The van der Waals surface area contributed by atoms with Crippen LogP contribution in [0.1, 0.15) is 25.3 Å². The lowest BCUT2D eigenvalue weighted by Gasteiger charge is -2.23. The van der Waals surface area contributed by atoms with E-state index >= 15 is 0 Å². The summed E-state index contributed by atoms with van der Waals surface area (Å²) in [6.07, 6.45) is 3.92. The molecule has 1 aromatic rings. The third-order valence-electron chi connectivity index (χ3n) is 3.62. The van der Waals surface area contributed by atoms with Gasteiger partial charge in [-0.2, -0.15) is 0 Å². The van der Waals surface area contributed by atoms with Gasteiger partial charge in [-0.1, -0.05) is 30.3 Å². The maximum absolute atomic E-state index is 6.15. The molecule has 0 aromatic carbocycles. The lowest BCUT2D eigenvalue weighted by atomic mass is 10.00. The van der Waals surface area contributed by atoms with Crippen LogP contribution in [0.2, 0.25) is 5.15 Å². The quantitative estimate of drug-likeness (QED) is 0.653. The third kappa shape index (κ3) is 3.84. The molecule has 0 spiro atoms. The van der Waals surface area contributed by atoms with Crippen molar-refractivity contribution in [3.63, 3.8) is 0 Å². The molecule has 0 radical (unpaired) electrons. The summed E-state index contributed by atoms with van der Waals surface area (Å²) in [4.78, 5) is 4.22. The van der Waals surface area contributed by atoms with Gasteiger partial charge in [-0.05, 0) is 37.3 Å². The van der Waals surface area contributed by atoms with Gasteiger partial charge < -0.3 is 10.1 Å². The fraction of sp³-hybridized carbons (Fsp3) is 0.438. The topological polar surface area (TPSA) is 34.2 Å². The molecule has 3 nitrogen and oxygen atoms in total. The van der Waals surface area contributed by atoms with E-state index in [0.717, 1.165) is 55.0 Å². The summed E-state index contributed by atoms with van der Waals surface area (Å²) in [6.45, 7) is 12.5. The summed E-state index contributed by atoms with van der Waals surface area (Å²) in [5, 5.41) is 3.89. The number of nitrogens with one attached hydrogen (secondary N) is 1. The van der Waals surface area contributed by atoms with Gasteiger partial charge in [0, 0.05) is 31.5 Å². The predicted octanol–water partition coefficient (Wildman–Crippen LogP) is 4.16. The van der Waals surface area contributed by atoms with Crippen molar-refractivity contribution in [3.8, 4) is 0 Å². The van der Waals surface area contributed by atoms with Gasteiger partial charge in [0.15, 0.2) is 5.15 Å². The van der Waals surface area contributed by atoms with Gasteiger partial charge in [-0.25, -0.2) is 4.98 Å². The van der Waals surface area contributed by atoms with E-state index in [1.165, 1.54) is 0 Å². The Morgan fingerprint density at radius 1 is 1.45 bits per heavy atom. The minimum absolute atomic E-state index is 0.496. The second-order valence-corrected chi connectivity index (χ2v) is 5.62. The van der Waals surface area contributed by atoms with Crippen LogP contribution < -0.4 is 5.32 Å². The molecule has 1 aromatic heterocycles. The fourth-order valence-corrected chi connectivity index (χ4v) is 2.36. The maximum Gasteiger partial charge on any atom is 0.152 e. The molecule has 0 aliphatic carbocycles. The first-order valence-electron chi connectivity index (χ1n) is 6.90. The largest absolute Gasteiger partial charge is 0.382 e.